The fraction of sp³-hybridized carbons (Fsp3) is 0.615. The van der Waals surface area contributed by atoms with E-state index in [4.69, 9.17) is 9.47 Å². The van der Waals surface area contributed by atoms with Crippen LogP contribution in [0.25, 0.3) is 11.2 Å². The molecule has 3 heterocycles. The summed E-state index contributed by atoms with van der Waals surface area (Å²) < 4.78 is 11.3. The summed E-state index contributed by atoms with van der Waals surface area (Å²) in [5, 5.41) is 3.33. The Labute approximate surface area is 117 Å². The van der Waals surface area contributed by atoms with Gasteiger partial charge in [0.15, 0.2) is 17.3 Å². The minimum Gasteiger partial charge on any atom is -0.368 e. The number of H-pyrrole nitrogens is 1. The van der Waals surface area contributed by atoms with Crippen LogP contribution in [0.4, 0.5) is 5.82 Å². The molecule has 1 aliphatic heterocycles. The van der Waals surface area contributed by atoms with E-state index in [1.165, 1.54) is 6.33 Å². The Morgan fingerprint density at radius 2 is 2.15 bits per heavy atom. The number of hydrogen-bond donors (Lipinski definition) is 2. The van der Waals surface area contributed by atoms with Crippen molar-refractivity contribution >= 4 is 17.0 Å². The monoisotopic (exact) mass is 277 g/mol. The van der Waals surface area contributed by atoms with E-state index in [0.717, 1.165) is 24.3 Å². The molecule has 20 heavy (non-hydrogen) atoms. The lowest BCUT2D eigenvalue weighted by Crippen LogP contribution is -2.30. The van der Waals surface area contributed by atoms with Gasteiger partial charge in [-0.1, -0.05) is 6.92 Å². The number of ether oxygens (including phenoxy) is 2. The van der Waals surface area contributed by atoms with Crippen molar-refractivity contribution < 1.29 is 9.47 Å². The van der Waals surface area contributed by atoms with Crippen LogP contribution in [0.15, 0.2) is 12.7 Å². The van der Waals surface area contributed by atoms with Gasteiger partial charge in [-0.2, -0.15) is 0 Å². The van der Waals surface area contributed by atoms with Crippen molar-refractivity contribution in [1.82, 2.24) is 19.9 Å². The van der Waals surface area contributed by atoms with Crippen molar-refractivity contribution in [1.29, 1.82) is 0 Å². The lowest BCUT2D eigenvalue weighted by Gasteiger charge is -2.26. The maximum Gasteiger partial charge on any atom is 0.182 e. The lowest BCUT2D eigenvalue weighted by atomic mass is 10.0. The number of fused-ring (bicyclic) bond motifs is 1. The molecule has 0 amide bonds. The van der Waals surface area contributed by atoms with Crippen LogP contribution in [-0.4, -0.2) is 45.5 Å². The lowest BCUT2D eigenvalue weighted by molar-refractivity contribution is -0.153. The zero-order valence-electron chi connectivity index (χ0n) is 11.7. The standard InChI is InChI=1S/C13H19N5O2/c1-9(5-13(2)19-3-4-20-13)6-14-11-10-12(16-7-15-10)18-8-17-11/h7-9H,3-6H2,1-2H3,(H2,14,15,16,17,18)/t9-/m1/s1. The number of aromatic nitrogens is 4. The van der Waals surface area contributed by atoms with Crippen LogP contribution in [0.5, 0.6) is 0 Å². The van der Waals surface area contributed by atoms with Gasteiger partial charge in [0.1, 0.15) is 11.8 Å². The summed E-state index contributed by atoms with van der Waals surface area (Å²) in [5.41, 5.74) is 1.50. The maximum absolute atomic E-state index is 5.63. The van der Waals surface area contributed by atoms with Crippen molar-refractivity contribution in [3.63, 3.8) is 0 Å². The third-order valence-corrected chi connectivity index (χ3v) is 3.46. The molecule has 2 aromatic heterocycles. The zero-order valence-corrected chi connectivity index (χ0v) is 11.7. The Kier molecular flexibility index (Phi) is 3.54. The number of nitrogens with one attached hydrogen (secondary N) is 2. The third-order valence-electron chi connectivity index (χ3n) is 3.46. The number of nitrogens with zero attached hydrogens (tertiary/aromatic N) is 3. The van der Waals surface area contributed by atoms with Crippen LogP contribution in [0.2, 0.25) is 0 Å². The van der Waals surface area contributed by atoms with Gasteiger partial charge in [0, 0.05) is 13.0 Å². The Balaban J connectivity index is 1.60. The van der Waals surface area contributed by atoms with Gasteiger partial charge in [0.05, 0.1) is 19.5 Å². The molecule has 1 saturated heterocycles. The number of anilines is 1. The molecule has 0 saturated carbocycles. The molecule has 0 radical (unpaired) electrons. The molecular weight excluding hydrogens is 258 g/mol. The molecule has 7 heteroatoms. The van der Waals surface area contributed by atoms with Crippen molar-refractivity contribution in [2.45, 2.75) is 26.1 Å². The summed E-state index contributed by atoms with van der Waals surface area (Å²) in [6.45, 7) is 6.30. The molecule has 0 unspecified atom stereocenters. The van der Waals surface area contributed by atoms with E-state index in [2.05, 4.69) is 32.2 Å². The van der Waals surface area contributed by atoms with Crippen LogP contribution in [0, 0.1) is 5.92 Å². The minimum absolute atomic E-state index is 0.394. The summed E-state index contributed by atoms with van der Waals surface area (Å²) in [6, 6.07) is 0. The first-order valence-corrected chi connectivity index (χ1v) is 6.82. The highest BCUT2D eigenvalue weighted by Gasteiger charge is 2.32. The van der Waals surface area contributed by atoms with E-state index < -0.39 is 5.79 Å². The van der Waals surface area contributed by atoms with Crippen LogP contribution in [0.3, 0.4) is 0 Å². The van der Waals surface area contributed by atoms with Crippen LogP contribution in [-0.2, 0) is 9.47 Å². The second kappa shape index (κ2) is 5.34. The number of rotatable bonds is 5. The molecule has 3 rings (SSSR count). The van der Waals surface area contributed by atoms with Crippen molar-refractivity contribution in [2.75, 3.05) is 25.1 Å². The summed E-state index contributed by atoms with van der Waals surface area (Å²) in [4.78, 5) is 15.5. The molecule has 1 aliphatic rings. The zero-order chi connectivity index (χ0) is 14.0. The van der Waals surface area contributed by atoms with Gasteiger partial charge < -0.3 is 19.8 Å². The molecule has 0 spiro atoms. The van der Waals surface area contributed by atoms with Crippen LogP contribution >= 0.6 is 0 Å². The largest absolute Gasteiger partial charge is 0.368 e. The second-order valence-electron chi connectivity index (χ2n) is 5.34. The Hall–Kier alpha value is -1.73. The predicted octanol–water partition coefficient (Wildman–Crippen LogP) is 1.55. The van der Waals surface area contributed by atoms with Gasteiger partial charge in [-0.3, -0.25) is 0 Å². The fourth-order valence-electron chi connectivity index (χ4n) is 2.55. The van der Waals surface area contributed by atoms with E-state index in [0.29, 0.717) is 24.8 Å². The SMILES string of the molecule is C[C@@H](CNc1ncnc2nc[nH]c12)CC1(C)OCCO1. The molecule has 0 aliphatic carbocycles. The molecule has 1 atom stereocenters. The van der Waals surface area contributed by atoms with Gasteiger partial charge in [-0.05, 0) is 12.8 Å². The molecule has 0 aromatic carbocycles. The topological polar surface area (TPSA) is 85.0 Å². The van der Waals surface area contributed by atoms with Gasteiger partial charge in [-0.15, -0.1) is 0 Å². The maximum atomic E-state index is 5.63. The van der Waals surface area contributed by atoms with Crippen LogP contribution < -0.4 is 5.32 Å². The molecular formula is C13H19N5O2. The number of aromatic amines is 1. The van der Waals surface area contributed by atoms with Crippen molar-refractivity contribution in [3.05, 3.63) is 12.7 Å². The minimum atomic E-state index is -0.448. The summed E-state index contributed by atoms with van der Waals surface area (Å²) in [6.07, 6.45) is 3.98. The Morgan fingerprint density at radius 1 is 1.35 bits per heavy atom. The number of hydrogen-bond acceptors (Lipinski definition) is 6. The average molecular weight is 277 g/mol. The van der Waals surface area contributed by atoms with Crippen molar-refractivity contribution in [2.24, 2.45) is 5.92 Å². The van der Waals surface area contributed by atoms with Gasteiger partial charge in [-0.25, -0.2) is 15.0 Å². The Morgan fingerprint density at radius 3 is 2.95 bits per heavy atom. The molecule has 7 nitrogen and oxygen atoms in total. The average Bonchev–Trinajstić information content (AvgIpc) is 3.05. The molecule has 108 valence electrons. The highest BCUT2D eigenvalue weighted by molar-refractivity contribution is 5.81. The van der Waals surface area contributed by atoms with Gasteiger partial charge in [0.2, 0.25) is 0 Å². The van der Waals surface area contributed by atoms with E-state index >= 15 is 0 Å². The summed E-state index contributed by atoms with van der Waals surface area (Å²) in [5.74, 6) is 0.722. The quantitative estimate of drug-likeness (QED) is 0.862. The first-order chi connectivity index (χ1) is 9.66. The van der Waals surface area contributed by atoms with E-state index in [-0.39, 0.29) is 0 Å². The molecule has 2 N–H and O–H groups in total. The normalized spacial score (nSPS) is 19.3. The first kappa shape index (κ1) is 13.3. The summed E-state index contributed by atoms with van der Waals surface area (Å²) >= 11 is 0. The van der Waals surface area contributed by atoms with E-state index in [1.807, 2.05) is 6.92 Å². The van der Waals surface area contributed by atoms with Crippen LogP contribution in [0.1, 0.15) is 20.3 Å². The third kappa shape index (κ3) is 2.73. The molecule has 1 fully saturated rings. The number of imidazole rings is 1. The Bertz CT molecular complexity index is 579. The van der Waals surface area contributed by atoms with Gasteiger partial charge in [0.25, 0.3) is 0 Å². The highest BCUT2D eigenvalue weighted by atomic mass is 16.7. The predicted molar refractivity (Wildman–Crippen MR) is 74.3 cm³/mol. The van der Waals surface area contributed by atoms with E-state index in [1.54, 1.807) is 6.33 Å². The first-order valence-electron chi connectivity index (χ1n) is 6.82. The van der Waals surface area contributed by atoms with Crippen molar-refractivity contribution in [3.8, 4) is 0 Å². The second-order valence-corrected chi connectivity index (χ2v) is 5.34. The van der Waals surface area contributed by atoms with Gasteiger partial charge >= 0.3 is 0 Å². The van der Waals surface area contributed by atoms with E-state index in [9.17, 15) is 0 Å². The molecule has 0 bridgehead atoms. The summed E-state index contributed by atoms with van der Waals surface area (Å²) in [7, 11) is 0. The highest BCUT2D eigenvalue weighted by Crippen LogP contribution is 2.27. The molecule has 2 aromatic rings. The fourth-order valence-corrected chi connectivity index (χ4v) is 2.55. The smallest absolute Gasteiger partial charge is 0.182 e.